The van der Waals surface area contributed by atoms with Gasteiger partial charge in [-0.3, -0.25) is 13.7 Å². The minimum absolute atomic E-state index is 0.224. The molecule has 0 saturated heterocycles. The van der Waals surface area contributed by atoms with Gasteiger partial charge in [0.15, 0.2) is 0 Å². The summed E-state index contributed by atoms with van der Waals surface area (Å²) in [6, 6.07) is 1.65. The predicted molar refractivity (Wildman–Crippen MR) is 94.6 cm³/mol. The van der Waals surface area contributed by atoms with Crippen LogP contribution in [0, 0.1) is 5.41 Å². The molecule has 1 aromatic carbocycles. The minimum atomic E-state index is -5.03. The van der Waals surface area contributed by atoms with Gasteiger partial charge in [0.1, 0.15) is 11.5 Å². The molecule has 3 N–H and O–H groups in total. The van der Waals surface area contributed by atoms with Crippen molar-refractivity contribution in [2.45, 2.75) is 0 Å². The normalized spacial score (nSPS) is 13.0. The van der Waals surface area contributed by atoms with Crippen molar-refractivity contribution in [1.29, 1.82) is 0 Å². The average Bonchev–Trinajstić information content (AvgIpc) is 2.49. The smallest absolute Gasteiger partial charge is 0.344 e. The molecule has 0 amide bonds. The lowest BCUT2D eigenvalue weighted by atomic mass is 9.97. The third-order valence-corrected chi connectivity index (χ3v) is 6.12. The van der Waals surface area contributed by atoms with E-state index < -0.39 is 77.5 Å². The highest BCUT2D eigenvalue weighted by molar-refractivity contribution is 7.87. The first-order chi connectivity index (χ1) is 13.4. The van der Waals surface area contributed by atoms with Crippen LogP contribution >= 0.6 is 0 Å². The lowest BCUT2D eigenvalue weighted by Gasteiger charge is -2.29. The van der Waals surface area contributed by atoms with Crippen LogP contribution in [0.4, 0.5) is 13.2 Å². The fourth-order valence-electron chi connectivity index (χ4n) is 2.39. The lowest BCUT2D eigenvalue weighted by molar-refractivity contribution is 0.196. The van der Waals surface area contributed by atoms with Crippen molar-refractivity contribution in [2.75, 3.05) is 23.9 Å². The molecular weight excluding hydrogens is 485 g/mol. The van der Waals surface area contributed by atoms with E-state index in [0.29, 0.717) is 0 Å². The van der Waals surface area contributed by atoms with Crippen LogP contribution in [-0.4, -0.2) is 62.8 Å². The highest BCUT2D eigenvalue weighted by atomic mass is 32.2. The van der Waals surface area contributed by atoms with E-state index in [2.05, 4.69) is 4.74 Å². The van der Waals surface area contributed by atoms with E-state index in [9.17, 15) is 38.4 Å². The number of halogens is 3. The maximum Gasteiger partial charge on any atom is 0.344 e. The standard InChI is InChI=1S/C13H15F3O11S3/c14-11(15)12(16)27-10-3-1-9(2-4-10)26-5-13(6-28(17,18)19,7-29(20,21)22)8-30(23,24)25/h1-4H,5-8H2,(H,17,18,19)(H,20,21,22)(H,23,24,25). The third kappa shape index (κ3) is 10.2. The predicted octanol–water partition coefficient (Wildman–Crippen LogP) is 1.13. The summed E-state index contributed by atoms with van der Waals surface area (Å²) in [6.45, 7) is -1.07. The summed E-state index contributed by atoms with van der Waals surface area (Å²) in [4.78, 5) is 0. The van der Waals surface area contributed by atoms with Gasteiger partial charge in [0.05, 0.1) is 29.3 Å². The quantitative estimate of drug-likeness (QED) is 0.292. The van der Waals surface area contributed by atoms with Gasteiger partial charge < -0.3 is 9.47 Å². The summed E-state index contributed by atoms with van der Waals surface area (Å²) in [5.74, 6) is -5.24. The Hall–Kier alpha value is -1.92. The lowest BCUT2D eigenvalue weighted by Crippen LogP contribution is -2.46. The van der Waals surface area contributed by atoms with Gasteiger partial charge in [-0.15, -0.1) is 0 Å². The molecule has 0 aliphatic rings. The van der Waals surface area contributed by atoms with Crippen molar-refractivity contribution >= 4 is 30.4 Å². The van der Waals surface area contributed by atoms with Crippen LogP contribution in [0.25, 0.3) is 0 Å². The Morgan fingerprint density at radius 2 is 1.13 bits per heavy atom. The van der Waals surface area contributed by atoms with Gasteiger partial charge in [-0.05, 0) is 24.3 Å². The van der Waals surface area contributed by atoms with Crippen molar-refractivity contribution in [1.82, 2.24) is 0 Å². The van der Waals surface area contributed by atoms with E-state index >= 15 is 0 Å². The Morgan fingerprint density at radius 3 is 1.47 bits per heavy atom. The summed E-state index contributed by atoms with van der Waals surface area (Å²) in [6.07, 6.45) is -2.72. The molecule has 11 nitrogen and oxygen atoms in total. The zero-order valence-electron chi connectivity index (χ0n) is 14.6. The molecule has 0 spiro atoms. The largest absolute Gasteiger partial charge is 0.493 e. The van der Waals surface area contributed by atoms with Crippen LogP contribution in [0.15, 0.2) is 36.4 Å². The Kier molecular flexibility index (Phi) is 8.25. The zero-order valence-corrected chi connectivity index (χ0v) is 17.1. The molecule has 0 aliphatic carbocycles. The molecule has 0 aliphatic heterocycles. The van der Waals surface area contributed by atoms with E-state index in [-0.39, 0.29) is 5.75 Å². The van der Waals surface area contributed by atoms with Gasteiger partial charge in [0.25, 0.3) is 30.4 Å². The van der Waals surface area contributed by atoms with Crippen LogP contribution in [-0.2, 0) is 30.4 Å². The Labute approximate surface area is 169 Å². The fraction of sp³-hybridized carbons (Fsp3) is 0.385. The zero-order chi connectivity index (χ0) is 23.4. The molecule has 1 aromatic rings. The minimum Gasteiger partial charge on any atom is -0.493 e. The number of rotatable bonds is 11. The SMILES string of the molecule is O=S(=O)(O)CC(COc1ccc(OC(F)=C(F)F)cc1)(CS(=O)(=O)O)CS(=O)(=O)O. The Bertz CT molecular complexity index is 1010. The molecule has 30 heavy (non-hydrogen) atoms. The molecular formula is C13H15F3O11S3. The highest BCUT2D eigenvalue weighted by Gasteiger charge is 2.43. The average molecular weight is 500 g/mol. The van der Waals surface area contributed by atoms with Crippen molar-refractivity contribution < 1.29 is 61.6 Å². The molecule has 1 rings (SSSR count). The highest BCUT2D eigenvalue weighted by Crippen LogP contribution is 2.28. The molecule has 0 fully saturated rings. The third-order valence-electron chi connectivity index (χ3n) is 3.19. The van der Waals surface area contributed by atoms with Crippen molar-refractivity contribution in [2.24, 2.45) is 5.41 Å². The molecule has 0 aromatic heterocycles. The monoisotopic (exact) mass is 500 g/mol. The van der Waals surface area contributed by atoms with Crippen molar-refractivity contribution in [3.63, 3.8) is 0 Å². The molecule has 17 heteroatoms. The molecule has 0 unspecified atom stereocenters. The van der Waals surface area contributed by atoms with Gasteiger partial charge >= 0.3 is 12.1 Å². The first-order valence-electron chi connectivity index (χ1n) is 7.37. The van der Waals surface area contributed by atoms with Crippen LogP contribution in [0.2, 0.25) is 0 Å². The molecule has 0 atom stereocenters. The first kappa shape index (κ1) is 26.1. The van der Waals surface area contributed by atoms with Crippen LogP contribution in [0.1, 0.15) is 0 Å². The van der Waals surface area contributed by atoms with Gasteiger partial charge in [-0.25, -0.2) is 0 Å². The number of benzene rings is 1. The second-order valence-corrected chi connectivity index (χ2v) is 10.4. The van der Waals surface area contributed by atoms with Gasteiger partial charge in [0, 0.05) is 0 Å². The van der Waals surface area contributed by atoms with E-state index in [1.54, 1.807) is 0 Å². The van der Waals surface area contributed by atoms with Crippen molar-refractivity contribution in [3.05, 3.63) is 36.4 Å². The number of ether oxygens (including phenoxy) is 2. The first-order valence-corrected chi connectivity index (χ1v) is 12.2. The van der Waals surface area contributed by atoms with Crippen molar-refractivity contribution in [3.8, 4) is 11.5 Å². The van der Waals surface area contributed by atoms with Crippen LogP contribution in [0.5, 0.6) is 11.5 Å². The van der Waals surface area contributed by atoms with Gasteiger partial charge in [-0.2, -0.15) is 38.4 Å². The van der Waals surface area contributed by atoms with Gasteiger partial charge in [0.2, 0.25) is 0 Å². The summed E-state index contributed by atoms with van der Waals surface area (Å²) in [7, 11) is -15.1. The van der Waals surface area contributed by atoms with Crippen LogP contribution in [0.3, 0.4) is 0 Å². The number of hydrogen-bond acceptors (Lipinski definition) is 8. The second-order valence-electron chi connectivity index (χ2n) is 6.08. The Morgan fingerprint density at radius 1 is 0.767 bits per heavy atom. The summed E-state index contributed by atoms with van der Waals surface area (Å²) >= 11 is 0. The van der Waals surface area contributed by atoms with E-state index in [1.807, 2.05) is 0 Å². The fourth-order valence-corrected chi connectivity index (χ4v) is 5.96. The molecule has 0 heterocycles. The summed E-state index contributed by atoms with van der Waals surface area (Å²) in [5.41, 5.74) is -2.55. The van der Waals surface area contributed by atoms with E-state index in [4.69, 9.17) is 18.4 Å². The molecule has 0 radical (unpaired) electrons. The maximum atomic E-state index is 12.7. The van der Waals surface area contributed by atoms with E-state index in [1.165, 1.54) is 0 Å². The topological polar surface area (TPSA) is 182 Å². The molecule has 0 bridgehead atoms. The second kappa shape index (κ2) is 9.48. The Balaban J connectivity index is 3.18. The van der Waals surface area contributed by atoms with Gasteiger partial charge in [-0.1, -0.05) is 0 Å². The summed E-state index contributed by atoms with van der Waals surface area (Å²) in [5, 5.41) is 0. The number of hydrogen-bond donors (Lipinski definition) is 3. The maximum absolute atomic E-state index is 12.7. The molecule has 0 saturated carbocycles. The van der Waals surface area contributed by atoms with E-state index in [0.717, 1.165) is 24.3 Å². The summed E-state index contributed by atoms with van der Waals surface area (Å²) < 4.78 is 141. The van der Waals surface area contributed by atoms with Crippen LogP contribution < -0.4 is 9.47 Å². The molecule has 172 valence electrons.